The number of nitrogens with zero attached hydrogens (tertiary/aromatic N) is 1. The Hall–Kier alpha value is -2.85. The number of amides is 1. The second kappa shape index (κ2) is 12.4. The van der Waals surface area contributed by atoms with Gasteiger partial charge in [0.05, 0.1) is 24.7 Å². The number of aryl methyl sites for hydroxylation is 1. The third-order valence-electron chi connectivity index (χ3n) is 5.73. The summed E-state index contributed by atoms with van der Waals surface area (Å²) in [5.41, 5.74) is 2.99. The lowest BCUT2D eigenvalue weighted by Crippen LogP contribution is -2.40. The van der Waals surface area contributed by atoms with Crippen LogP contribution < -0.4 is 10.1 Å². The van der Waals surface area contributed by atoms with Gasteiger partial charge in [-0.3, -0.25) is 4.79 Å². The van der Waals surface area contributed by atoms with E-state index in [1.807, 2.05) is 24.3 Å². The van der Waals surface area contributed by atoms with Crippen LogP contribution in [0.15, 0.2) is 82.6 Å². The molecule has 3 aromatic carbocycles. The van der Waals surface area contributed by atoms with E-state index in [0.717, 1.165) is 11.3 Å². The smallest absolute Gasteiger partial charge is 0.251 e. The van der Waals surface area contributed by atoms with Crippen molar-refractivity contribution in [2.24, 2.45) is 0 Å². The van der Waals surface area contributed by atoms with Gasteiger partial charge in [0, 0.05) is 29.3 Å². The van der Waals surface area contributed by atoms with Crippen molar-refractivity contribution in [2.45, 2.75) is 22.5 Å². The van der Waals surface area contributed by atoms with Crippen LogP contribution in [0.25, 0.3) is 0 Å². The minimum atomic E-state index is -3.53. The second-order valence-electron chi connectivity index (χ2n) is 8.39. The highest BCUT2D eigenvalue weighted by Gasteiger charge is 2.26. The van der Waals surface area contributed by atoms with Crippen LogP contribution in [0, 0.1) is 6.92 Å². The van der Waals surface area contributed by atoms with Crippen molar-refractivity contribution in [1.82, 2.24) is 9.62 Å². The molecule has 9 heteroatoms. The monoisotopic (exact) mass is 526 g/mol. The molecule has 3 aromatic rings. The van der Waals surface area contributed by atoms with E-state index in [0.29, 0.717) is 44.2 Å². The molecule has 190 valence electrons. The predicted octanol–water partition coefficient (Wildman–Crippen LogP) is 4.12. The van der Waals surface area contributed by atoms with Gasteiger partial charge in [-0.25, -0.2) is 8.42 Å². The molecule has 0 bridgehead atoms. The lowest BCUT2D eigenvalue weighted by Gasteiger charge is -2.26. The molecule has 0 atom stereocenters. The van der Waals surface area contributed by atoms with E-state index < -0.39 is 10.0 Å². The molecule has 4 rings (SSSR count). The van der Waals surface area contributed by atoms with E-state index in [2.05, 4.69) is 36.5 Å². The highest BCUT2D eigenvalue weighted by atomic mass is 32.2. The number of nitrogens with one attached hydrogen (secondary N) is 1. The molecular formula is C27H30N2O5S2. The van der Waals surface area contributed by atoms with Gasteiger partial charge in [0.1, 0.15) is 12.4 Å². The SMILES string of the molecule is Cc1ccc(SCc2ccc(C(=O)NCCOc3ccc(S(=O)(=O)N4CCOCC4)cc3)cc2)cc1. The lowest BCUT2D eigenvalue weighted by molar-refractivity contribution is 0.0730. The van der Waals surface area contributed by atoms with E-state index in [1.165, 1.54) is 26.9 Å². The fourth-order valence-electron chi connectivity index (χ4n) is 3.63. The molecule has 1 amide bonds. The van der Waals surface area contributed by atoms with Crippen molar-refractivity contribution >= 4 is 27.7 Å². The highest BCUT2D eigenvalue weighted by Crippen LogP contribution is 2.23. The van der Waals surface area contributed by atoms with E-state index in [4.69, 9.17) is 9.47 Å². The first kappa shape index (κ1) is 26.2. The molecule has 0 spiro atoms. The Kier molecular flexibility index (Phi) is 9.03. The molecule has 1 N–H and O–H groups in total. The van der Waals surface area contributed by atoms with Crippen molar-refractivity contribution in [3.05, 3.63) is 89.5 Å². The summed E-state index contributed by atoms with van der Waals surface area (Å²) in [6.45, 7) is 4.20. The van der Waals surface area contributed by atoms with Crippen LogP contribution in [0.4, 0.5) is 0 Å². The van der Waals surface area contributed by atoms with Gasteiger partial charge < -0.3 is 14.8 Å². The summed E-state index contributed by atoms with van der Waals surface area (Å²) in [7, 11) is -3.53. The van der Waals surface area contributed by atoms with Crippen molar-refractivity contribution in [2.75, 3.05) is 39.5 Å². The van der Waals surface area contributed by atoms with Crippen LogP contribution >= 0.6 is 11.8 Å². The summed E-state index contributed by atoms with van der Waals surface area (Å²) in [6, 6.07) is 22.4. The maximum absolute atomic E-state index is 12.7. The zero-order valence-corrected chi connectivity index (χ0v) is 21.8. The van der Waals surface area contributed by atoms with Crippen LogP contribution in [0.5, 0.6) is 5.75 Å². The number of morpholine rings is 1. The summed E-state index contributed by atoms with van der Waals surface area (Å²) >= 11 is 1.76. The van der Waals surface area contributed by atoms with Gasteiger partial charge >= 0.3 is 0 Å². The van der Waals surface area contributed by atoms with Crippen molar-refractivity contribution in [3.8, 4) is 5.75 Å². The zero-order chi connectivity index (χ0) is 25.4. The van der Waals surface area contributed by atoms with Crippen LogP contribution in [0.2, 0.25) is 0 Å². The third-order valence-corrected chi connectivity index (χ3v) is 8.73. The Morgan fingerprint density at radius 1 is 0.972 bits per heavy atom. The van der Waals surface area contributed by atoms with Crippen molar-refractivity contribution < 1.29 is 22.7 Å². The highest BCUT2D eigenvalue weighted by molar-refractivity contribution is 7.98. The first-order valence-corrected chi connectivity index (χ1v) is 14.2. The van der Waals surface area contributed by atoms with Gasteiger partial charge in [0.2, 0.25) is 10.0 Å². The maximum atomic E-state index is 12.7. The Morgan fingerprint density at radius 2 is 1.64 bits per heavy atom. The van der Waals surface area contributed by atoms with E-state index in [1.54, 1.807) is 23.9 Å². The molecule has 0 radical (unpaired) electrons. The predicted molar refractivity (Wildman–Crippen MR) is 141 cm³/mol. The summed E-state index contributed by atoms with van der Waals surface area (Å²) in [6.07, 6.45) is 0. The van der Waals surface area contributed by atoms with Crippen LogP contribution in [-0.4, -0.2) is 58.1 Å². The molecule has 0 aromatic heterocycles. The molecule has 1 heterocycles. The number of carbonyl (C=O) groups excluding carboxylic acids is 1. The Morgan fingerprint density at radius 3 is 2.31 bits per heavy atom. The molecule has 36 heavy (non-hydrogen) atoms. The standard InChI is InChI=1S/C27H30N2O5S2/c1-21-2-10-25(11-3-21)35-20-22-4-6-23(7-5-22)27(30)28-14-17-34-24-8-12-26(13-9-24)36(31,32)29-15-18-33-19-16-29/h2-13H,14-20H2,1H3,(H,28,30). The van der Waals surface area contributed by atoms with E-state index >= 15 is 0 Å². The summed E-state index contributed by atoms with van der Waals surface area (Å²) in [5, 5.41) is 2.85. The van der Waals surface area contributed by atoms with Crippen molar-refractivity contribution in [1.29, 1.82) is 0 Å². The molecule has 0 saturated carbocycles. The van der Waals surface area contributed by atoms with Crippen LogP contribution in [-0.2, 0) is 20.5 Å². The number of benzene rings is 3. The molecule has 1 fully saturated rings. The first-order chi connectivity index (χ1) is 17.4. The third kappa shape index (κ3) is 7.10. The molecule has 1 aliphatic rings. The Bertz CT molecular complexity index is 1240. The number of hydrogen-bond acceptors (Lipinski definition) is 6. The molecule has 0 aliphatic carbocycles. The second-order valence-corrected chi connectivity index (χ2v) is 11.4. The molecule has 1 saturated heterocycles. The van der Waals surface area contributed by atoms with Gasteiger partial charge in [0.15, 0.2) is 0 Å². The Balaban J connectivity index is 1.19. The average Bonchev–Trinajstić information content (AvgIpc) is 2.92. The Labute approximate surface area is 216 Å². The van der Waals surface area contributed by atoms with Crippen molar-refractivity contribution in [3.63, 3.8) is 0 Å². The normalized spacial score (nSPS) is 14.4. The lowest BCUT2D eigenvalue weighted by atomic mass is 10.1. The zero-order valence-electron chi connectivity index (χ0n) is 20.2. The number of carbonyl (C=O) groups is 1. The van der Waals surface area contributed by atoms with E-state index in [9.17, 15) is 13.2 Å². The fraction of sp³-hybridized carbons (Fsp3) is 0.296. The molecule has 0 unspecified atom stereocenters. The first-order valence-electron chi connectivity index (χ1n) is 11.8. The average molecular weight is 527 g/mol. The number of ether oxygens (including phenoxy) is 2. The van der Waals surface area contributed by atoms with Gasteiger partial charge in [-0.05, 0) is 61.0 Å². The largest absolute Gasteiger partial charge is 0.492 e. The minimum Gasteiger partial charge on any atom is -0.492 e. The van der Waals surface area contributed by atoms with Gasteiger partial charge in [-0.1, -0.05) is 29.8 Å². The summed E-state index contributed by atoms with van der Waals surface area (Å²) in [4.78, 5) is 13.9. The van der Waals surface area contributed by atoms with E-state index in [-0.39, 0.29) is 17.4 Å². The number of hydrogen-bond donors (Lipinski definition) is 1. The molecule has 1 aliphatic heterocycles. The fourth-order valence-corrected chi connectivity index (χ4v) is 5.90. The number of rotatable bonds is 10. The topological polar surface area (TPSA) is 84.9 Å². The van der Waals surface area contributed by atoms with Gasteiger partial charge in [0.25, 0.3) is 5.91 Å². The maximum Gasteiger partial charge on any atom is 0.251 e. The molecule has 7 nitrogen and oxygen atoms in total. The number of sulfonamides is 1. The molecular weight excluding hydrogens is 496 g/mol. The van der Waals surface area contributed by atoms with Crippen LogP contribution in [0.1, 0.15) is 21.5 Å². The minimum absolute atomic E-state index is 0.164. The van der Waals surface area contributed by atoms with Gasteiger partial charge in [-0.2, -0.15) is 4.31 Å². The summed E-state index contributed by atoms with van der Waals surface area (Å²) < 4.78 is 37.7. The summed E-state index contributed by atoms with van der Waals surface area (Å²) in [5.74, 6) is 1.22. The van der Waals surface area contributed by atoms with Gasteiger partial charge in [-0.15, -0.1) is 11.8 Å². The quantitative estimate of drug-likeness (QED) is 0.316. The number of thioether (sulfide) groups is 1. The van der Waals surface area contributed by atoms with Crippen LogP contribution in [0.3, 0.4) is 0 Å².